The molecule has 0 bridgehead atoms. The third-order valence-corrected chi connectivity index (χ3v) is 4.01. The lowest BCUT2D eigenvalue weighted by Crippen LogP contribution is -2.55. The van der Waals surface area contributed by atoms with Gasteiger partial charge in [-0.3, -0.25) is 19.4 Å². The van der Waals surface area contributed by atoms with Gasteiger partial charge in [0.15, 0.2) is 0 Å². The fraction of sp³-hybridized carbons (Fsp3) is 0.733. The number of nitrogens with one attached hydrogen (secondary N) is 2. The standard InChI is InChI=1S/C15H24N4O2/c1-3-6-16-14(20)11-18-7-9-19(10-8-18)12(2)15(21)17-13-4-5-13/h1,12-13H,4-11H2,2H3,(H,16,20)(H,17,21). The van der Waals surface area contributed by atoms with Gasteiger partial charge in [-0.1, -0.05) is 5.92 Å². The molecule has 0 spiro atoms. The SMILES string of the molecule is C#CCNC(=O)CN1CCN(C(C)C(=O)NC2CC2)CC1. The summed E-state index contributed by atoms with van der Waals surface area (Å²) >= 11 is 0. The van der Waals surface area contributed by atoms with E-state index < -0.39 is 0 Å². The average molecular weight is 292 g/mol. The highest BCUT2D eigenvalue weighted by Gasteiger charge is 2.30. The summed E-state index contributed by atoms with van der Waals surface area (Å²) in [5.74, 6) is 2.47. The predicted octanol–water partition coefficient (Wildman–Crippen LogP) is -0.979. The van der Waals surface area contributed by atoms with E-state index in [1.54, 1.807) is 0 Å². The van der Waals surface area contributed by atoms with E-state index in [9.17, 15) is 9.59 Å². The quantitative estimate of drug-likeness (QED) is 0.618. The van der Waals surface area contributed by atoms with Gasteiger partial charge in [0.2, 0.25) is 11.8 Å². The van der Waals surface area contributed by atoms with Crippen LogP contribution in [0.15, 0.2) is 0 Å². The van der Waals surface area contributed by atoms with Crippen molar-refractivity contribution < 1.29 is 9.59 Å². The zero-order valence-electron chi connectivity index (χ0n) is 12.6. The van der Waals surface area contributed by atoms with Gasteiger partial charge in [0.25, 0.3) is 0 Å². The molecule has 0 aromatic carbocycles. The Morgan fingerprint density at radius 3 is 2.52 bits per heavy atom. The Balaban J connectivity index is 1.68. The molecule has 2 aliphatic rings. The molecule has 0 aromatic heterocycles. The summed E-state index contributed by atoms with van der Waals surface area (Å²) in [5.41, 5.74) is 0. The van der Waals surface area contributed by atoms with Crippen LogP contribution >= 0.6 is 0 Å². The Morgan fingerprint density at radius 1 is 1.29 bits per heavy atom. The zero-order chi connectivity index (χ0) is 15.2. The van der Waals surface area contributed by atoms with Crippen LogP contribution in [0.4, 0.5) is 0 Å². The lowest BCUT2D eigenvalue weighted by Gasteiger charge is -2.37. The molecule has 2 rings (SSSR count). The summed E-state index contributed by atoms with van der Waals surface area (Å²) in [6, 6.07) is 0.309. The summed E-state index contributed by atoms with van der Waals surface area (Å²) in [7, 11) is 0. The van der Waals surface area contributed by atoms with Crippen LogP contribution in [-0.4, -0.2) is 73.0 Å². The van der Waals surface area contributed by atoms with E-state index in [0.717, 1.165) is 39.0 Å². The van der Waals surface area contributed by atoms with Gasteiger partial charge < -0.3 is 10.6 Å². The van der Waals surface area contributed by atoms with Gasteiger partial charge in [-0.15, -0.1) is 6.42 Å². The van der Waals surface area contributed by atoms with E-state index in [2.05, 4.69) is 26.4 Å². The summed E-state index contributed by atoms with van der Waals surface area (Å²) in [6.07, 6.45) is 7.33. The minimum Gasteiger partial charge on any atom is -0.352 e. The first kappa shape index (κ1) is 15.8. The van der Waals surface area contributed by atoms with Crippen molar-refractivity contribution in [1.29, 1.82) is 0 Å². The number of nitrogens with zero attached hydrogens (tertiary/aromatic N) is 2. The van der Waals surface area contributed by atoms with Crippen LogP contribution in [0.1, 0.15) is 19.8 Å². The molecule has 1 aliphatic heterocycles. The third-order valence-electron chi connectivity index (χ3n) is 4.01. The normalized spacial score (nSPS) is 21.3. The molecule has 1 atom stereocenters. The van der Waals surface area contributed by atoms with Gasteiger partial charge >= 0.3 is 0 Å². The second kappa shape index (κ2) is 7.43. The molecule has 2 amide bonds. The number of carbonyl (C=O) groups is 2. The zero-order valence-corrected chi connectivity index (χ0v) is 12.6. The molecule has 0 radical (unpaired) electrons. The molecule has 1 saturated heterocycles. The Hall–Kier alpha value is -1.58. The fourth-order valence-electron chi connectivity index (χ4n) is 2.43. The van der Waals surface area contributed by atoms with Crippen molar-refractivity contribution in [3.05, 3.63) is 0 Å². The second-order valence-electron chi connectivity index (χ2n) is 5.75. The van der Waals surface area contributed by atoms with Gasteiger partial charge in [0.05, 0.1) is 19.1 Å². The van der Waals surface area contributed by atoms with Crippen molar-refractivity contribution >= 4 is 11.8 Å². The van der Waals surface area contributed by atoms with E-state index in [0.29, 0.717) is 12.6 Å². The van der Waals surface area contributed by atoms with Crippen LogP contribution in [0.25, 0.3) is 0 Å². The Morgan fingerprint density at radius 2 is 1.95 bits per heavy atom. The van der Waals surface area contributed by atoms with E-state index in [-0.39, 0.29) is 24.4 Å². The highest BCUT2D eigenvalue weighted by atomic mass is 16.2. The first-order valence-electron chi connectivity index (χ1n) is 7.57. The lowest BCUT2D eigenvalue weighted by molar-refractivity contribution is -0.128. The number of piperazine rings is 1. The number of rotatable bonds is 6. The van der Waals surface area contributed by atoms with Crippen LogP contribution in [0.5, 0.6) is 0 Å². The molecule has 6 heteroatoms. The number of amides is 2. The van der Waals surface area contributed by atoms with Gasteiger partial charge in [0, 0.05) is 32.2 Å². The van der Waals surface area contributed by atoms with Crippen LogP contribution in [0, 0.1) is 12.3 Å². The number of terminal acetylenes is 1. The van der Waals surface area contributed by atoms with Crippen molar-refractivity contribution in [2.45, 2.75) is 31.8 Å². The maximum Gasteiger partial charge on any atom is 0.237 e. The highest BCUT2D eigenvalue weighted by molar-refractivity contribution is 5.82. The molecule has 1 unspecified atom stereocenters. The molecule has 2 fully saturated rings. The van der Waals surface area contributed by atoms with Crippen LogP contribution in [-0.2, 0) is 9.59 Å². The van der Waals surface area contributed by atoms with Crippen molar-refractivity contribution in [3.63, 3.8) is 0 Å². The summed E-state index contributed by atoms with van der Waals surface area (Å²) in [5, 5.41) is 5.71. The van der Waals surface area contributed by atoms with E-state index in [1.165, 1.54) is 0 Å². The number of carbonyl (C=O) groups excluding carboxylic acids is 2. The van der Waals surface area contributed by atoms with Crippen LogP contribution < -0.4 is 10.6 Å². The van der Waals surface area contributed by atoms with E-state index >= 15 is 0 Å². The molecule has 116 valence electrons. The molecule has 0 aromatic rings. The maximum absolute atomic E-state index is 12.0. The van der Waals surface area contributed by atoms with Crippen molar-refractivity contribution in [1.82, 2.24) is 20.4 Å². The monoisotopic (exact) mass is 292 g/mol. The van der Waals surface area contributed by atoms with Gasteiger partial charge in [0.1, 0.15) is 0 Å². The van der Waals surface area contributed by atoms with Gasteiger partial charge in [-0.25, -0.2) is 0 Å². The number of hydrogen-bond donors (Lipinski definition) is 2. The highest BCUT2D eigenvalue weighted by Crippen LogP contribution is 2.19. The van der Waals surface area contributed by atoms with Crippen LogP contribution in [0.2, 0.25) is 0 Å². The second-order valence-corrected chi connectivity index (χ2v) is 5.75. The molecule has 6 nitrogen and oxygen atoms in total. The first-order valence-corrected chi connectivity index (χ1v) is 7.57. The van der Waals surface area contributed by atoms with Crippen molar-refractivity contribution in [2.75, 3.05) is 39.3 Å². The van der Waals surface area contributed by atoms with Crippen molar-refractivity contribution in [2.24, 2.45) is 0 Å². The van der Waals surface area contributed by atoms with E-state index in [1.807, 2.05) is 6.92 Å². The molecule has 1 aliphatic carbocycles. The van der Waals surface area contributed by atoms with E-state index in [4.69, 9.17) is 6.42 Å². The minimum atomic E-state index is -0.0944. The molecule has 1 heterocycles. The number of hydrogen-bond acceptors (Lipinski definition) is 4. The minimum absolute atomic E-state index is 0.0408. The smallest absolute Gasteiger partial charge is 0.237 e. The Bertz CT molecular complexity index is 420. The van der Waals surface area contributed by atoms with Crippen LogP contribution in [0.3, 0.4) is 0 Å². The maximum atomic E-state index is 12.0. The molecule has 2 N–H and O–H groups in total. The molecular weight excluding hydrogens is 268 g/mol. The average Bonchev–Trinajstić information content (AvgIpc) is 3.29. The molecular formula is C15H24N4O2. The lowest BCUT2D eigenvalue weighted by atomic mass is 10.2. The Kier molecular flexibility index (Phi) is 5.59. The summed E-state index contributed by atoms with van der Waals surface area (Å²) in [6.45, 7) is 5.81. The summed E-state index contributed by atoms with van der Waals surface area (Å²) < 4.78 is 0. The van der Waals surface area contributed by atoms with Gasteiger partial charge in [-0.05, 0) is 19.8 Å². The van der Waals surface area contributed by atoms with Gasteiger partial charge in [-0.2, -0.15) is 0 Å². The third kappa shape index (κ3) is 5.03. The largest absolute Gasteiger partial charge is 0.352 e. The summed E-state index contributed by atoms with van der Waals surface area (Å²) in [4.78, 5) is 27.9. The Labute approximate surface area is 126 Å². The molecule has 1 saturated carbocycles. The predicted molar refractivity (Wildman–Crippen MR) is 80.5 cm³/mol. The molecule has 21 heavy (non-hydrogen) atoms. The fourth-order valence-corrected chi connectivity index (χ4v) is 2.43. The first-order chi connectivity index (χ1) is 10.1. The van der Waals surface area contributed by atoms with Crippen molar-refractivity contribution in [3.8, 4) is 12.3 Å². The topological polar surface area (TPSA) is 64.7 Å².